The molecule has 0 unspecified atom stereocenters. The molecule has 0 radical (unpaired) electrons. The van der Waals surface area contributed by atoms with Gasteiger partial charge in [0.05, 0.1) is 28.4 Å². The second-order valence-corrected chi connectivity index (χ2v) is 10.2. The lowest BCUT2D eigenvalue weighted by atomic mass is 9.94. The first-order valence-corrected chi connectivity index (χ1v) is 13.1. The van der Waals surface area contributed by atoms with Crippen LogP contribution >= 0.6 is 11.3 Å². The number of benzene rings is 3. The molecule has 192 valence electrons. The number of ether oxygens (including phenoxy) is 2. The molecule has 3 aromatic carbocycles. The van der Waals surface area contributed by atoms with Crippen molar-refractivity contribution >= 4 is 44.1 Å². The summed E-state index contributed by atoms with van der Waals surface area (Å²) >= 11 is 1.23. The molecule has 1 saturated heterocycles. The van der Waals surface area contributed by atoms with Crippen molar-refractivity contribution in [2.24, 2.45) is 0 Å². The molecule has 38 heavy (non-hydrogen) atoms. The summed E-state index contributed by atoms with van der Waals surface area (Å²) in [5.74, 6) is -1.02. The smallest absolute Gasteiger partial charge is 0.301 e. The van der Waals surface area contributed by atoms with Gasteiger partial charge in [-0.2, -0.15) is 0 Å². The van der Waals surface area contributed by atoms with Gasteiger partial charge in [0.15, 0.2) is 5.13 Å². The van der Waals surface area contributed by atoms with E-state index < -0.39 is 23.5 Å². The molecule has 2 aliphatic rings. The van der Waals surface area contributed by atoms with Gasteiger partial charge in [0.2, 0.25) is 0 Å². The van der Waals surface area contributed by atoms with Crippen molar-refractivity contribution in [1.29, 1.82) is 0 Å². The van der Waals surface area contributed by atoms with Gasteiger partial charge in [-0.25, -0.2) is 9.37 Å². The fraction of sp³-hybridized carbons (Fsp3) is 0.207. The second kappa shape index (κ2) is 9.25. The third-order valence-corrected chi connectivity index (χ3v) is 7.68. The van der Waals surface area contributed by atoms with Crippen molar-refractivity contribution in [3.05, 3.63) is 88.7 Å². The maximum Gasteiger partial charge on any atom is 0.301 e. The first-order chi connectivity index (χ1) is 18.3. The number of amides is 1. The molecule has 1 aromatic heterocycles. The van der Waals surface area contributed by atoms with Gasteiger partial charge < -0.3 is 14.6 Å². The molecule has 6 rings (SSSR count). The van der Waals surface area contributed by atoms with Crippen LogP contribution in [0.2, 0.25) is 0 Å². The summed E-state index contributed by atoms with van der Waals surface area (Å²) in [7, 11) is 0. The molecule has 7 nitrogen and oxygen atoms in total. The fourth-order valence-electron chi connectivity index (χ4n) is 4.97. The highest BCUT2D eigenvalue weighted by Crippen LogP contribution is 2.45. The van der Waals surface area contributed by atoms with Gasteiger partial charge in [-0.15, -0.1) is 0 Å². The van der Waals surface area contributed by atoms with Crippen molar-refractivity contribution in [1.82, 2.24) is 4.98 Å². The SMILES string of the molecule is CCOc1ccc2nc(N3C(=O)C(=O)/C(=C(/O)c4ccc5c(c4)C[C@@H](C)O5)[C@@H]3c3ccc(F)cc3)sc2c1. The van der Waals surface area contributed by atoms with Gasteiger partial charge in [-0.1, -0.05) is 23.5 Å². The molecule has 9 heteroatoms. The Morgan fingerprint density at radius 2 is 1.95 bits per heavy atom. The minimum atomic E-state index is -0.994. The third kappa shape index (κ3) is 3.99. The molecule has 0 aliphatic carbocycles. The minimum absolute atomic E-state index is 0.00877. The van der Waals surface area contributed by atoms with Crippen LogP contribution in [0.1, 0.15) is 36.6 Å². The highest BCUT2D eigenvalue weighted by molar-refractivity contribution is 7.22. The van der Waals surface area contributed by atoms with Crippen LogP contribution in [0.15, 0.2) is 66.2 Å². The number of rotatable bonds is 5. The van der Waals surface area contributed by atoms with Crippen molar-refractivity contribution in [2.75, 3.05) is 11.5 Å². The lowest BCUT2D eigenvalue weighted by Crippen LogP contribution is -2.29. The highest BCUT2D eigenvalue weighted by atomic mass is 32.1. The molecule has 0 bridgehead atoms. The zero-order valence-electron chi connectivity index (χ0n) is 20.6. The lowest BCUT2D eigenvalue weighted by molar-refractivity contribution is -0.132. The Balaban J connectivity index is 1.50. The van der Waals surface area contributed by atoms with Crippen molar-refractivity contribution in [2.45, 2.75) is 32.4 Å². The number of aliphatic hydroxyl groups is 1. The summed E-state index contributed by atoms with van der Waals surface area (Å²) in [6, 6.07) is 15.1. The van der Waals surface area contributed by atoms with Gasteiger partial charge in [-0.3, -0.25) is 14.5 Å². The zero-order chi connectivity index (χ0) is 26.6. The number of anilines is 1. The summed E-state index contributed by atoms with van der Waals surface area (Å²) < 4.78 is 25.9. The average Bonchev–Trinajstić information content (AvgIpc) is 3.56. The van der Waals surface area contributed by atoms with Gasteiger partial charge >= 0.3 is 5.91 Å². The Bertz CT molecular complexity index is 1630. The largest absolute Gasteiger partial charge is 0.507 e. The summed E-state index contributed by atoms with van der Waals surface area (Å²) in [4.78, 5) is 32.8. The molecule has 1 fully saturated rings. The van der Waals surface area contributed by atoms with Crippen LogP contribution in [0, 0.1) is 5.82 Å². The van der Waals surface area contributed by atoms with E-state index in [1.807, 2.05) is 19.9 Å². The molecule has 1 N–H and O–H groups in total. The molecule has 0 spiro atoms. The predicted octanol–water partition coefficient (Wildman–Crippen LogP) is 5.78. The number of hydrogen-bond acceptors (Lipinski definition) is 7. The van der Waals surface area contributed by atoms with E-state index in [2.05, 4.69) is 4.98 Å². The maximum atomic E-state index is 13.8. The number of Topliss-reactive ketones (excluding diaryl/α,β-unsaturated/α-hetero) is 1. The van der Waals surface area contributed by atoms with Gasteiger partial charge in [0, 0.05) is 12.0 Å². The summed E-state index contributed by atoms with van der Waals surface area (Å²) in [5.41, 5.74) is 2.34. The standard InChI is InChI=1S/C29H23FN2O5S/c1-3-36-20-9-10-21-23(14-20)38-29(31-21)32-25(16-4-7-19(30)8-5-16)24(27(34)28(32)35)26(33)17-6-11-22-18(13-17)12-15(2)37-22/h4-11,13-15,25,33H,3,12H2,1-2H3/b26-24+/t15-,25+/m1/s1. The Morgan fingerprint density at radius 1 is 1.16 bits per heavy atom. The highest BCUT2D eigenvalue weighted by Gasteiger charge is 2.48. The number of aliphatic hydroxyl groups excluding tert-OH is 1. The number of hydrogen-bond donors (Lipinski definition) is 1. The van der Waals surface area contributed by atoms with Crippen LogP contribution in [0.3, 0.4) is 0 Å². The number of nitrogens with zero attached hydrogens (tertiary/aromatic N) is 2. The monoisotopic (exact) mass is 530 g/mol. The molecular formula is C29H23FN2O5S. The molecule has 2 aliphatic heterocycles. The number of aromatic nitrogens is 1. The summed E-state index contributed by atoms with van der Waals surface area (Å²) in [6.45, 7) is 4.35. The van der Waals surface area contributed by atoms with E-state index >= 15 is 0 Å². The van der Waals surface area contributed by atoms with E-state index in [-0.39, 0.29) is 17.4 Å². The molecule has 0 saturated carbocycles. The van der Waals surface area contributed by atoms with Gasteiger partial charge in [0.1, 0.15) is 29.2 Å². The molecule has 4 aromatic rings. The molecule has 1 amide bonds. The Labute approximate surface area is 221 Å². The topological polar surface area (TPSA) is 89.0 Å². The number of ketones is 1. The number of carbonyl (C=O) groups excluding carboxylic acids is 2. The van der Waals surface area contributed by atoms with Crippen LogP contribution in [0.5, 0.6) is 11.5 Å². The van der Waals surface area contributed by atoms with E-state index in [1.165, 1.54) is 40.5 Å². The van der Waals surface area contributed by atoms with Crippen LogP contribution in [-0.4, -0.2) is 34.5 Å². The van der Waals surface area contributed by atoms with Crippen molar-refractivity contribution in [3.8, 4) is 11.5 Å². The normalized spacial score (nSPS) is 20.1. The lowest BCUT2D eigenvalue weighted by Gasteiger charge is -2.23. The average molecular weight is 531 g/mol. The number of halogens is 1. The maximum absolute atomic E-state index is 13.8. The van der Waals surface area contributed by atoms with Crippen LogP contribution < -0.4 is 14.4 Å². The van der Waals surface area contributed by atoms with E-state index in [9.17, 15) is 19.1 Å². The second-order valence-electron chi connectivity index (χ2n) is 9.23. The van der Waals surface area contributed by atoms with E-state index in [4.69, 9.17) is 9.47 Å². The Kier molecular flexibility index (Phi) is 5.87. The molecule has 2 atom stereocenters. The number of fused-ring (bicyclic) bond motifs is 2. The van der Waals surface area contributed by atoms with E-state index in [1.54, 1.807) is 30.3 Å². The summed E-state index contributed by atoms with van der Waals surface area (Å²) in [5, 5.41) is 11.7. The van der Waals surface area contributed by atoms with Gasteiger partial charge in [-0.05, 0) is 73.5 Å². The van der Waals surface area contributed by atoms with Crippen LogP contribution in [0.25, 0.3) is 16.0 Å². The molecular weight excluding hydrogens is 507 g/mol. The van der Waals surface area contributed by atoms with Gasteiger partial charge in [0.25, 0.3) is 5.78 Å². The quantitative estimate of drug-likeness (QED) is 0.200. The Hall–Kier alpha value is -4.24. The van der Waals surface area contributed by atoms with Crippen molar-refractivity contribution in [3.63, 3.8) is 0 Å². The predicted molar refractivity (Wildman–Crippen MR) is 142 cm³/mol. The van der Waals surface area contributed by atoms with Crippen LogP contribution in [-0.2, 0) is 16.0 Å². The zero-order valence-corrected chi connectivity index (χ0v) is 21.4. The summed E-state index contributed by atoms with van der Waals surface area (Å²) in [6.07, 6.45) is 0.677. The van der Waals surface area contributed by atoms with Crippen LogP contribution in [0.4, 0.5) is 9.52 Å². The first kappa shape index (κ1) is 24.1. The van der Waals surface area contributed by atoms with E-state index in [0.717, 1.165) is 16.0 Å². The fourth-order valence-corrected chi connectivity index (χ4v) is 5.99. The van der Waals surface area contributed by atoms with Crippen molar-refractivity contribution < 1.29 is 28.6 Å². The minimum Gasteiger partial charge on any atom is -0.507 e. The number of thiazole rings is 1. The third-order valence-electron chi connectivity index (χ3n) is 6.67. The molecule has 3 heterocycles. The Morgan fingerprint density at radius 3 is 2.71 bits per heavy atom. The first-order valence-electron chi connectivity index (χ1n) is 12.2. The number of carbonyl (C=O) groups is 2. The van der Waals surface area contributed by atoms with E-state index in [0.29, 0.717) is 40.6 Å².